The largest absolute Gasteiger partial charge is 0.481 e. The molecule has 1 aliphatic heterocycles. The zero-order valence-corrected chi connectivity index (χ0v) is 11.1. The minimum absolute atomic E-state index is 0.161. The lowest BCUT2D eigenvalue weighted by atomic mass is 10.1. The van der Waals surface area contributed by atoms with Crippen molar-refractivity contribution in [1.82, 2.24) is 10.2 Å². The van der Waals surface area contributed by atoms with E-state index >= 15 is 0 Å². The summed E-state index contributed by atoms with van der Waals surface area (Å²) in [6.45, 7) is 2.95. The summed E-state index contributed by atoms with van der Waals surface area (Å²) in [5.41, 5.74) is 0. The zero-order chi connectivity index (χ0) is 13.7. The quantitative estimate of drug-likeness (QED) is 0.674. The number of hydrogen-bond acceptors (Lipinski definition) is 3. The van der Waals surface area contributed by atoms with Gasteiger partial charge in [-0.25, -0.2) is 4.79 Å². The number of nitrogens with zero attached hydrogens (tertiary/aromatic N) is 1. The highest BCUT2D eigenvalue weighted by Gasteiger charge is 2.30. The van der Waals surface area contributed by atoms with Crippen molar-refractivity contribution >= 4 is 12.0 Å². The van der Waals surface area contributed by atoms with E-state index in [1.54, 1.807) is 4.90 Å². The Hall–Kier alpha value is -1.30. The predicted octanol–water partition coefficient (Wildman–Crippen LogP) is 0.919. The SMILES string of the molecule is O=C(O)C1CCN(C(=O)NCCCOCC2CC2)C1. The normalized spacial score (nSPS) is 22.5. The molecular weight excluding hydrogens is 248 g/mol. The van der Waals surface area contributed by atoms with E-state index in [4.69, 9.17) is 9.84 Å². The van der Waals surface area contributed by atoms with Crippen molar-refractivity contribution in [3.05, 3.63) is 0 Å². The molecule has 0 spiro atoms. The van der Waals surface area contributed by atoms with Crippen LogP contribution < -0.4 is 5.32 Å². The molecule has 0 aromatic heterocycles. The van der Waals surface area contributed by atoms with Crippen LogP contribution in [0.2, 0.25) is 0 Å². The predicted molar refractivity (Wildman–Crippen MR) is 68.9 cm³/mol. The number of carbonyl (C=O) groups excluding carboxylic acids is 1. The highest BCUT2D eigenvalue weighted by molar-refractivity contribution is 5.77. The maximum absolute atomic E-state index is 11.7. The van der Waals surface area contributed by atoms with Gasteiger partial charge in [-0.2, -0.15) is 0 Å². The number of urea groups is 1. The topological polar surface area (TPSA) is 78.9 Å². The summed E-state index contributed by atoms with van der Waals surface area (Å²) < 4.78 is 5.47. The lowest BCUT2D eigenvalue weighted by molar-refractivity contribution is -0.141. The molecule has 2 aliphatic rings. The van der Waals surface area contributed by atoms with Gasteiger partial charge in [-0.1, -0.05) is 0 Å². The summed E-state index contributed by atoms with van der Waals surface area (Å²) in [4.78, 5) is 24.1. The van der Waals surface area contributed by atoms with Crippen molar-refractivity contribution in [3.8, 4) is 0 Å². The van der Waals surface area contributed by atoms with Gasteiger partial charge in [0.05, 0.1) is 5.92 Å². The molecule has 108 valence electrons. The molecule has 2 rings (SSSR count). The smallest absolute Gasteiger partial charge is 0.317 e. The van der Waals surface area contributed by atoms with Crippen LogP contribution in [0.4, 0.5) is 4.79 Å². The van der Waals surface area contributed by atoms with Crippen LogP contribution >= 0.6 is 0 Å². The second-order valence-electron chi connectivity index (χ2n) is 5.37. The van der Waals surface area contributed by atoms with Gasteiger partial charge in [0.1, 0.15) is 0 Å². The molecule has 0 bridgehead atoms. The van der Waals surface area contributed by atoms with E-state index in [0.717, 1.165) is 18.9 Å². The number of carboxylic acids is 1. The van der Waals surface area contributed by atoms with E-state index in [1.807, 2.05) is 0 Å². The first kappa shape index (κ1) is 14.1. The van der Waals surface area contributed by atoms with Gasteiger partial charge in [-0.3, -0.25) is 4.79 Å². The summed E-state index contributed by atoms with van der Waals surface area (Å²) in [6, 6.07) is -0.161. The number of hydrogen-bond donors (Lipinski definition) is 2. The Bertz CT molecular complexity index is 331. The fraction of sp³-hybridized carbons (Fsp3) is 0.846. The third-order valence-corrected chi connectivity index (χ3v) is 3.62. The van der Waals surface area contributed by atoms with Crippen molar-refractivity contribution in [2.75, 3.05) is 32.8 Å². The minimum Gasteiger partial charge on any atom is -0.481 e. The van der Waals surface area contributed by atoms with E-state index < -0.39 is 11.9 Å². The molecule has 0 aromatic carbocycles. The summed E-state index contributed by atoms with van der Waals surface area (Å²) in [6.07, 6.45) is 3.93. The third kappa shape index (κ3) is 4.70. The number of rotatable bonds is 7. The van der Waals surface area contributed by atoms with Gasteiger partial charge >= 0.3 is 12.0 Å². The van der Waals surface area contributed by atoms with Gasteiger partial charge in [0.15, 0.2) is 0 Å². The van der Waals surface area contributed by atoms with Crippen LogP contribution in [0.5, 0.6) is 0 Å². The van der Waals surface area contributed by atoms with Crippen LogP contribution in [-0.2, 0) is 9.53 Å². The fourth-order valence-corrected chi connectivity index (χ4v) is 2.16. The number of carboxylic acid groups (broad SMARTS) is 1. The van der Waals surface area contributed by atoms with E-state index in [0.29, 0.717) is 32.7 Å². The van der Waals surface area contributed by atoms with Gasteiger partial charge in [0.25, 0.3) is 0 Å². The fourth-order valence-electron chi connectivity index (χ4n) is 2.16. The first-order valence-electron chi connectivity index (χ1n) is 7.00. The highest BCUT2D eigenvalue weighted by atomic mass is 16.5. The maximum Gasteiger partial charge on any atom is 0.317 e. The van der Waals surface area contributed by atoms with Crippen LogP contribution in [0.25, 0.3) is 0 Å². The summed E-state index contributed by atoms with van der Waals surface area (Å²) in [7, 11) is 0. The Morgan fingerprint density at radius 3 is 2.74 bits per heavy atom. The molecule has 6 heteroatoms. The first-order valence-corrected chi connectivity index (χ1v) is 7.00. The van der Waals surface area contributed by atoms with Gasteiger partial charge in [0.2, 0.25) is 0 Å². The molecule has 1 aliphatic carbocycles. The number of nitrogens with one attached hydrogen (secondary N) is 1. The number of carbonyl (C=O) groups is 2. The first-order chi connectivity index (χ1) is 9.16. The lowest BCUT2D eigenvalue weighted by Crippen LogP contribution is -2.39. The van der Waals surface area contributed by atoms with E-state index in [2.05, 4.69) is 5.32 Å². The average Bonchev–Trinajstić information content (AvgIpc) is 3.06. The van der Waals surface area contributed by atoms with Crippen molar-refractivity contribution in [2.45, 2.75) is 25.7 Å². The molecule has 2 N–H and O–H groups in total. The van der Waals surface area contributed by atoms with Gasteiger partial charge < -0.3 is 20.1 Å². The molecule has 0 radical (unpaired) electrons. The van der Waals surface area contributed by atoms with Gasteiger partial charge in [0, 0.05) is 32.8 Å². The van der Waals surface area contributed by atoms with E-state index in [-0.39, 0.29) is 6.03 Å². The Morgan fingerprint density at radius 2 is 2.11 bits per heavy atom. The summed E-state index contributed by atoms with van der Waals surface area (Å²) >= 11 is 0. The molecule has 6 nitrogen and oxygen atoms in total. The third-order valence-electron chi connectivity index (χ3n) is 3.62. The molecule has 1 saturated carbocycles. The molecule has 19 heavy (non-hydrogen) atoms. The molecule has 1 atom stereocenters. The minimum atomic E-state index is -0.816. The Balaban J connectivity index is 1.50. The molecular formula is C13H22N2O4. The van der Waals surface area contributed by atoms with Crippen LogP contribution in [0.1, 0.15) is 25.7 Å². The van der Waals surface area contributed by atoms with Crippen LogP contribution in [0.15, 0.2) is 0 Å². The molecule has 0 aromatic rings. The molecule has 1 unspecified atom stereocenters. The second-order valence-corrected chi connectivity index (χ2v) is 5.37. The Labute approximate surface area is 113 Å². The monoisotopic (exact) mass is 270 g/mol. The van der Waals surface area contributed by atoms with Crippen molar-refractivity contribution in [1.29, 1.82) is 0 Å². The molecule has 1 saturated heterocycles. The van der Waals surface area contributed by atoms with Gasteiger partial charge in [-0.05, 0) is 31.6 Å². The lowest BCUT2D eigenvalue weighted by Gasteiger charge is -2.16. The second kappa shape index (κ2) is 6.75. The Morgan fingerprint density at radius 1 is 1.32 bits per heavy atom. The number of likely N-dealkylation sites (tertiary alicyclic amines) is 1. The number of amides is 2. The van der Waals surface area contributed by atoms with Crippen molar-refractivity contribution in [2.24, 2.45) is 11.8 Å². The molecule has 2 amide bonds. The van der Waals surface area contributed by atoms with Gasteiger partial charge in [-0.15, -0.1) is 0 Å². The van der Waals surface area contributed by atoms with E-state index in [1.165, 1.54) is 12.8 Å². The number of aliphatic carboxylic acids is 1. The maximum atomic E-state index is 11.7. The number of ether oxygens (including phenoxy) is 1. The van der Waals surface area contributed by atoms with Crippen LogP contribution in [0.3, 0.4) is 0 Å². The van der Waals surface area contributed by atoms with Crippen molar-refractivity contribution < 1.29 is 19.4 Å². The molecule has 1 heterocycles. The summed E-state index contributed by atoms with van der Waals surface area (Å²) in [5.74, 6) is -0.455. The summed E-state index contributed by atoms with van der Waals surface area (Å²) in [5, 5.41) is 11.7. The van der Waals surface area contributed by atoms with Crippen LogP contribution in [0, 0.1) is 11.8 Å². The van der Waals surface area contributed by atoms with Crippen molar-refractivity contribution in [3.63, 3.8) is 0 Å². The Kier molecular flexibility index (Phi) is 5.01. The van der Waals surface area contributed by atoms with E-state index in [9.17, 15) is 9.59 Å². The van der Waals surface area contributed by atoms with Crippen LogP contribution in [-0.4, -0.2) is 54.9 Å². The molecule has 2 fully saturated rings. The standard InChI is InChI=1S/C13H22N2O4/c16-12(17)11-4-6-15(8-11)13(18)14-5-1-7-19-9-10-2-3-10/h10-11H,1-9H2,(H,14,18)(H,16,17). The zero-order valence-electron chi connectivity index (χ0n) is 11.1. The average molecular weight is 270 g/mol. The highest BCUT2D eigenvalue weighted by Crippen LogP contribution is 2.28.